The molecule has 1 unspecified atom stereocenters. The molecule has 11 nitrogen and oxygen atoms in total. The van der Waals surface area contributed by atoms with Crippen molar-refractivity contribution >= 4 is 6.29 Å². The third-order valence-corrected chi connectivity index (χ3v) is 3.51. The number of carbonyl (C=O) groups excluding carboxylic acids is 1. The van der Waals surface area contributed by atoms with E-state index in [-0.39, 0.29) is 6.29 Å². The zero-order valence-electron chi connectivity index (χ0n) is 12.0. The lowest BCUT2D eigenvalue weighted by Crippen LogP contribution is -2.59. The van der Waals surface area contributed by atoms with Crippen molar-refractivity contribution in [3.63, 3.8) is 0 Å². The van der Waals surface area contributed by atoms with E-state index in [1.807, 2.05) is 0 Å². The molecule has 1 aliphatic rings. The van der Waals surface area contributed by atoms with Crippen LogP contribution in [0.1, 0.15) is 0 Å². The van der Waals surface area contributed by atoms with Crippen molar-refractivity contribution in [2.45, 2.75) is 55.1 Å². The molecule has 1 aliphatic heterocycles. The number of aliphatic hydroxyl groups excluding tert-OH is 8. The van der Waals surface area contributed by atoms with E-state index in [0.29, 0.717) is 0 Å². The number of hydrogen-bond donors (Lipinski definition) is 8. The van der Waals surface area contributed by atoms with Gasteiger partial charge < -0.3 is 55.1 Å². The van der Waals surface area contributed by atoms with E-state index >= 15 is 0 Å². The second-order valence-corrected chi connectivity index (χ2v) is 5.21. The number of aliphatic hydroxyl groups is 8. The summed E-state index contributed by atoms with van der Waals surface area (Å²) in [5, 5.41) is 75.4. The van der Waals surface area contributed by atoms with Crippen LogP contribution in [-0.4, -0.2) is 115 Å². The molecule has 0 aromatic heterocycles. The Hall–Kier alpha value is -0.730. The van der Waals surface area contributed by atoms with E-state index in [1.54, 1.807) is 0 Å². The monoisotopic (exact) mass is 342 g/mol. The number of rotatable bonds is 8. The van der Waals surface area contributed by atoms with Crippen molar-refractivity contribution in [1.29, 1.82) is 0 Å². The van der Waals surface area contributed by atoms with Crippen molar-refractivity contribution in [1.82, 2.24) is 0 Å². The normalized spacial score (nSPS) is 37.0. The predicted molar refractivity (Wildman–Crippen MR) is 69.8 cm³/mol. The fraction of sp³-hybridized carbons (Fsp3) is 0.917. The second-order valence-electron chi connectivity index (χ2n) is 5.21. The average molecular weight is 342 g/mol. The van der Waals surface area contributed by atoms with E-state index in [0.717, 1.165) is 0 Å². The van der Waals surface area contributed by atoms with Gasteiger partial charge in [-0.3, -0.25) is 0 Å². The minimum atomic E-state index is -1.96. The topological polar surface area (TPSA) is 197 Å². The molecule has 0 aromatic carbocycles. The molecular weight excluding hydrogens is 320 g/mol. The highest BCUT2D eigenvalue weighted by Gasteiger charge is 2.44. The van der Waals surface area contributed by atoms with Gasteiger partial charge in [-0.25, -0.2) is 0 Å². The van der Waals surface area contributed by atoms with Crippen LogP contribution in [0, 0.1) is 0 Å². The molecule has 0 radical (unpaired) electrons. The van der Waals surface area contributed by atoms with Gasteiger partial charge in [-0.1, -0.05) is 0 Å². The lowest BCUT2D eigenvalue weighted by Gasteiger charge is -2.40. The molecule has 1 heterocycles. The van der Waals surface area contributed by atoms with Gasteiger partial charge >= 0.3 is 0 Å². The number of ether oxygens (including phenoxy) is 2. The van der Waals surface area contributed by atoms with Crippen LogP contribution < -0.4 is 0 Å². The van der Waals surface area contributed by atoms with Gasteiger partial charge in [-0.15, -0.1) is 0 Å². The molecule has 9 atom stereocenters. The maximum atomic E-state index is 10.3. The molecule has 1 fully saturated rings. The summed E-state index contributed by atoms with van der Waals surface area (Å²) in [4.78, 5) is 10.3. The van der Waals surface area contributed by atoms with Crippen LogP contribution in [0.2, 0.25) is 0 Å². The Morgan fingerprint density at radius 1 is 1.00 bits per heavy atom. The maximum Gasteiger partial charge on any atom is 0.186 e. The van der Waals surface area contributed by atoms with Crippen LogP contribution in [0.15, 0.2) is 0 Å². The van der Waals surface area contributed by atoms with Crippen LogP contribution in [0.4, 0.5) is 0 Å². The lowest BCUT2D eigenvalue weighted by atomic mass is 9.99. The van der Waals surface area contributed by atoms with Crippen molar-refractivity contribution < 1.29 is 55.1 Å². The zero-order valence-corrected chi connectivity index (χ0v) is 12.0. The van der Waals surface area contributed by atoms with Crippen molar-refractivity contribution in [3.05, 3.63) is 0 Å². The van der Waals surface area contributed by atoms with Gasteiger partial charge in [0.15, 0.2) is 12.6 Å². The summed E-state index contributed by atoms with van der Waals surface area (Å²) in [5.41, 5.74) is 0. The summed E-state index contributed by atoms with van der Waals surface area (Å²) < 4.78 is 9.94. The average Bonchev–Trinajstić information content (AvgIpc) is 2.56. The van der Waals surface area contributed by atoms with Gasteiger partial charge in [0, 0.05) is 0 Å². The SMILES string of the molecule is O=C[C@H](O)[C@@H](O)[C@H](O)[C@H](O)COC1O[C@H](CO)[C@@H](O)[C@H](O)[C@H]1O. The highest BCUT2D eigenvalue weighted by atomic mass is 16.7. The Kier molecular flexibility index (Phi) is 7.89. The predicted octanol–water partition coefficient (Wildman–Crippen LogP) is -5.55. The first-order chi connectivity index (χ1) is 10.7. The van der Waals surface area contributed by atoms with E-state index in [1.165, 1.54) is 0 Å². The summed E-state index contributed by atoms with van der Waals surface area (Å²) in [6.07, 6.45) is -15.3. The summed E-state index contributed by atoms with van der Waals surface area (Å²) in [6.45, 7) is -1.37. The molecule has 0 saturated carbocycles. The van der Waals surface area contributed by atoms with Gasteiger partial charge in [0.1, 0.15) is 48.8 Å². The molecule has 8 N–H and O–H groups in total. The first-order valence-corrected chi connectivity index (χ1v) is 6.84. The smallest absolute Gasteiger partial charge is 0.186 e. The van der Waals surface area contributed by atoms with E-state index in [2.05, 4.69) is 0 Å². The van der Waals surface area contributed by atoms with Crippen molar-refractivity contribution in [3.8, 4) is 0 Å². The molecule has 0 aliphatic carbocycles. The first-order valence-electron chi connectivity index (χ1n) is 6.84. The fourth-order valence-corrected chi connectivity index (χ4v) is 2.01. The number of hydrogen-bond acceptors (Lipinski definition) is 11. The van der Waals surface area contributed by atoms with E-state index < -0.39 is 68.3 Å². The Bertz CT molecular complexity index is 365. The molecule has 0 aromatic rings. The third-order valence-electron chi connectivity index (χ3n) is 3.51. The lowest BCUT2D eigenvalue weighted by molar-refractivity contribution is -0.306. The van der Waals surface area contributed by atoms with Crippen LogP contribution in [0.5, 0.6) is 0 Å². The van der Waals surface area contributed by atoms with Crippen LogP contribution in [-0.2, 0) is 14.3 Å². The van der Waals surface area contributed by atoms with Crippen LogP contribution in [0.25, 0.3) is 0 Å². The Morgan fingerprint density at radius 3 is 2.13 bits per heavy atom. The summed E-state index contributed by atoms with van der Waals surface area (Å²) >= 11 is 0. The van der Waals surface area contributed by atoms with Gasteiger partial charge in [0.2, 0.25) is 0 Å². The number of aldehydes is 1. The van der Waals surface area contributed by atoms with Crippen LogP contribution >= 0.6 is 0 Å². The number of carbonyl (C=O) groups is 1. The molecule has 0 bridgehead atoms. The molecule has 11 heteroatoms. The highest BCUT2D eigenvalue weighted by molar-refractivity contribution is 5.56. The highest BCUT2D eigenvalue weighted by Crippen LogP contribution is 2.22. The minimum Gasteiger partial charge on any atom is -0.394 e. The Morgan fingerprint density at radius 2 is 1.61 bits per heavy atom. The molecule has 1 rings (SSSR count). The van der Waals surface area contributed by atoms with Crippen molar-refractivity contribution in [2.75, 3.05) is 13.2 Å². The van der Waals surface area contributed by atoms with Gasteiger partial charge in [0.25, 0.3) is 0 Å². The summed E-state index contributed by atoms with van der Waals surface area (Å²) in [6, 6.07) is 0. The third kappa shape index (κ3) is 4.87. The van der Waals surface area contributed by atoms with Gasteiger partial charge in [-0.05, 0) is 0 Å². The van der Waals surface area contributed by atoms with E-state index in [4.69, 9.17) is 19.7 Å². The van der Waals surface area contributed by atoms with Gasteiger partial charge in [-0.2, -0.15) is 0 Å². The standard InChI is InChI=1S/C12H22O11/c13-1-4(15)7(17)8(18)5(16)3-22-12-11(21)10(20)9(19)6(2-14)23-12/h1,4-12,14-21H,2-3H2/t4-,5+,6+,7+,8+,9+,10-,11+,12?/m0/s1. The molecule has 0 amide bonds. The summed E-state index contributed by atoms with van der Waals surface area (Å²) in [5.74, 6) is 0. The minimum absolute atomic E-state index is 0.0287. The Labute approximate surface area is 130 Å². The first kappa shape index (κ1) is 20.3. The van der Waals surface area contributed by atoms with Crippen molar-refractivity contribution in [2.24, 2.45) is 0 Å². The molecule has 0 spiro atoms. The molecule has 1 saturated heterocycles. The Balaban J connectivity index is 2.57. The summed E-state index contributed by atoms with van der Waals surface area (Å²) in [7, 11) is 0. The van der Waals surface area contributed by atoms with E-state index in [9.17, 15) is 35.4 Å². The second kappa shape index (κ2) is 8.94. The molecule has 23 heavy (non-hydrogen) atoms. The zero-order chi connectivity index (χ0) is 17.7. The van der Waals surface area contributed by atoms with Gasteiger partial charge in [0.05, 0.1) is 13.2 Å². The quantitative estimate of drug-likeness (QED) is 0.196. The molecular formula is C12H22O11. The maximum absolute atomic E-state index is 10.3. The molecule has 136 valence electrons. The van der Waals surface area contributed by atoms with Crippen LogP contribution in [0.3, 0.4) is 0 Å². The largest absolute Gasteiger partial charge is 0.394 e. The fourth-order valence-electron chi connectivity index (χ4n) is 2.01.